The second-order valence-corrected chi connectivity index (χ2v) is 5.88. The summed E-state index contributed by atoms with van der Waals surface area (Å²) < 4.78 is 5.55. The van der Waals surface area contributed by atoms with Crippen LogP contribution >= 0.6 is 11.6 Å². The van der Waals surface area contributed by atoms with Crippen LogP contribution in [0.25, 0.3) is 0 Å². The highest BCUT2D eigenvalue weighted by Crippen LogP contribution is 2.19. The third-order valence-electron chi connectivity index (χ3n) is 3.87. The molecule has 1 aromatic heterocycles. The maximum Gasteiger partial charge on any atom is 0.251 e. The van der Waals surface area contributed by atoms with Crippen LogP contribution in [-0.4, -0.2) is 30.1 Å². The molecule has 0 radical (unpaired) electrons. The highest BCUT2D eigenvalue weighted by Gasteiger charge is 2.29. The first-order valence-electron chi connectivity index (χ1n) is 7.25. The zero-order valence-corrected chi connectivity index (χ0v) is 12.8. The van der Waals surface area contributed by atoms with Crippen LogP contribution in [0.3, 0.4) is 0 Å². The van der Waals surface area contributed by atoms with Gasteiger partial charge in [-0.3, -0.25) is 9.78 Å². The number of nitrogens with zero attached hydrogens (tertiary/aromatic N) is 1. The summed E-state index contributed by atoms with van der Waals surface area (Å²) in [4.78, 5) is 16.3. The summed E-state index contributed by atoms with van der Waals surface area (Å²) in [5.74, 6) is 0.186. The second-order valence-electron chi connectivity index (χ2n) is 5.44. The van der Waals surface area contributed by atoms with E-state index in [0.29, 0.717) is 23.8 Å². The van der Waals surface area contributed by atoms with Crippen molar-refractivity contribution in [3.63, 3.8) is 0 Å². The van der Waals surface area contributed by atoms with E-state index < -0.39 is 0 Å². The first kappa shape index (κ1) is 15.0. The van der Waals surface area contributed by atoms with Gasteiger partial charge in [0.2, 0.25) is 0 Å². The highest BCUT2D eigenvalue weighted by molar-refractivity contribution is 6.30. The Bertz CT molecular complexity index is 631. The van der Waals surface area contributed by atoms with Gasteiger partial charge in [0.1, 0.15) is 0 Å². The highest BCUT2D eigenvalue weighted by atomic mass is 35.5. The Balaban J connectivity index is 1.63. The molecule has 0 spiro atoms. The van der Waals surface area contributed by atoms with E-state index >= 15 is 0 Å². The number of halogens is 1. The minimum Gasteiger partial charge on any atom is -0.379 e. The molecule has 1 aliphatic rings. The van der Waals surface area contributed by atoms with E-state index in [1.807, 2.05) is 12.1 Å². The van der Waals surface area contributed by atoms with Crippen LogP contribution in [0.2, 0.25) is 5.02 Å². The number of benzene rings is 1. The summed E-state index contributed by atoms with van der Waals surface area (Å²) in [6, 6.07) is 10.9. The summed E-state index contributed by atoms with van der Waals surface area (Å²) in [6.45, 7) is 1.21. The number of aromatic nitrogens is 1. The van der Waals surface area contributed by atoms with Crippen LogP contribution in [0.1, 0.15) is 15.9 Å². The number of carbonyl (C=O) groups is 1. The van der Waals surface area contributed by atoms with Gasteiger partial charge in [-0.05, 0) is 48.4 Å². The van der Waals surface area contributed by atoms with E-state index in [1.54, 1.807) is 36.7 Å². The van der Waals surface area contributed by atoms with E-state index in [0.717, 1.165) is 6.42 Å². The quantitative estimate of drug-likeness (QED) is 0.943. The Labute approximate surface area is 134 Å². The number of hydrogen-bond donors (Lipinski definition) is 1. The number of ether oxygens (including phenoxy) is 1. The molecule has 3 rings (SSSR count). The SMILES string of the molecule is O=C(NC1COCC1Cc1ccncc1)c1ccc(Cl)cc1. The standard InChI is InChI=1S/C17H17ClN2O2/c18-15-3-1-13(2-4-15)17(21)20-16-11-22-10-14(16)9-12-5-7-19-8-6-12/h1-8,14,16H,9-11H2,(H,20,21). The molecule has 114 valence electrons. The molecule has 2 aromatic rings. The van der Waals surface area contributed by atoms with E-state index in [-0.39, 0.29) is 17.9 Å². The molecule has 1 aromatic carbocycles. The fraction of sp³-hybridized carbons (Fsp3) is 0.294. The van der Waals surface area contributed by atoms with Gasteiger partial charge in [-0.1, -0.05) is 11.6 Å². The molecule has 5 heteroatoms. The molecule has 1 aliphatic heterocycles. The van der Waals surface area contributed by atoms with E-state index in [2.05, 4.69) is 10.3 Å². The van der Waals surface area contributed by atoms with Crippen molar-refractivity contribution < 1.29 is 9.53 Å². The molecule has 1 amide bonds. The lowest BCUT2D eigenvalue weighted by atomic mass is 9.95. The van der Waals surface area contributed by atoms with Crippen molar-refractivity contribution >= 4 is 17.5 Å². The minimum atomic E-state index is -0.0908. The van der Waals surface area contributed by atoms with Crippen molar-refractivity contribution in [2.45, 2.75) is 12.5 Å². The largest absolute Gasteiger partial charge is 0.379 e. The topological polar surface area (TPSA) is 51.2 Å². The van der Waals surface area contributed by atoms with Crippen LogP contribution in [0.15, 0.2) is 48.8 Å². The van der Waals surface area contributed by atoms with Crippen molar-refractivity contribution in [2.24, 2.45) is 5.92 Å². The molecule has 2 atom stereocenters. The van der Waals surface area contributed by atoms with Crippen molar-refractivity contribution in [2.75, 3.05) is 13.2 Å². The summed E-state index contributed by atoms with van der Waals surface area (Å²) in [5, 5.41) is 3.68. The number of rotatable bonds is 4. The van der Waals surface area contributed by atoms with E-state index in [1.165, 1.54) is 5.56 Å². The predicted molar refractivity (Wildman–Crippen MR) is 85.0 cm³/mol. The number of pyridine rings is 1. The van der Waals surface area contributed by atoms with Gasteiger partial charge in [0.25, 0.3) is 5.91 Å². The fourth-order valence-corrected chi connectivity index (χ4v) is 2.76. The van der Waals surface area contributed by atoms with Crippen LogP contribution in [0.5, 0.6) is 0 Å². The number of amides is 1. The molecule has 0 aliphatic carbocycles. The Morgan fingerprint density at radius 2 is 1.91 bits per heavy atom. The van der Waals surface area contributed by atoms with Gasteiger partial charge in [0.15, 0.2) is 0 Å². The molecule has 1 fully saturated rings. The van der Waals surface area contributed by atoms with Gasteiger partial charge in [0, 0.05) is 28.9 Å². The lowest BCUT2D eigenvalue weighted by Crippen LogP contribution is -2.40. The first-order valence-corrected chi connectivity index (χ1v) is 7.63. The van der Waals surface area contributed by atoms with Crippen molar-refractivity contribution in [1.82, 2.24) is 10.3 Å². The van der Waals surface area contributed by atoms with Crippen LogP contribution in [0.4, 0.5) is 0 Å². The second kappa shape index (κ2) is 6.90. The maximum atomic E-state index is 12.3. The minimum absolute atomic E-state index is 0.0244. The van der Waals surface area contributed by atoms with Crippen LogP contribution in [-0.2, 0) is 11.2 Å². The van der Waals surface area contributed by atoms with Crippen molar-refractivity contribution in [3.05, 3.63) is 64.9 Å². The summed E-state index contributed by atoms with van der Waals surface area (Å²) >= 11 is 5.84. The molecule has 22 heavy (non-hydrogen) atoms. The molecule has 0 bridgehead atoms. The predicted octanol–water partition coefficient (Wildman–Crippen LogP) is 2.72. The fourth-order valence-electron chi connectivity index (χ4n) is 2.63. The molecule has 4 nitrogen and oxygen atoms in total. The normalized spacial score (nSPS) is 20.8. The Hall–Kier alpha value is -1.91. The van der Waals surface area contributed by atoms with Crippen molar-refractivity contribution in [1.29, 1.82) is 0 Å². The van der Waals surface area contributed by atoms with Gasteiger partial charge < -0.3 is 10.1 Å². The molecular formula is C17H17ClN2O2. The summed E-state index contributed by atoms with van der Waals surface area (Å²) in [7, 11) is 0. The van der Waals surface area contributed by atoms with Gasteiger partial charge >= 0.3 is 0 Å². The molecule has 2 heterocycles. The molecule has 0 saturated carbocycles. The van der Waals surface area contributed by atoms with Crippen LogP contribution < -0.4 is 5.32 Å². The van der Waals surface area contributed by atoms with E-state index in [9.17, 15) is 4.79 Å². The van der Waals surface area contributed by atoms with Crippen molar-refractivity contribution in [3.8, 4) is 0 Å². The zero-order valence-electron chi connectivity index (χ0n) is 12.0. The molecule has 1 N–H and O–H groups in total. The maximum absolute atomic E-state index is 12.3. The molecule has 1 saturated heterocycles. The zero-order chi connectivity index (χ0) is 15.4. The third-order valence-corrected chi connectivity index (χ3v) is 4.12. The Morgan fingerprint density at radius 3 is 2.64 bits per heavy atom. The van der Waals surface area contributed by atoms with Gasteiger partial charge in [-0.2, -0.15) is 0 Å². The Kier molecular flexibility index (Phi) is 4.71. The third kappa shape index (κ3) is 3.64. The first-order chi connectivity index (χ1) is 10.7. The van der Waals surface area contributed by atoms with Crippen LogP contribution in [0, 0.1) is 5.92 Å². The monoisotopic (exact) mass is 316 g/mol. The smallest absolute Gasteiger partial charge is 0.251 e. The lowest BCUT2D eigenvalue weighted by Gasteiger charge is -2.19. The van der Waals surface area contributed by atoms with E-state index in [4.69, 9.17) is 16.3 Å². The average molecular weight is 317 g/mol. The van der Waals surface area contributed by atoms with Gasteiger partial charge in [-0.15, -0.1) is 0 Å². The number of hydrogen-bond acceptors (Lipinski definition) is 3. The van der Waals surface area contributed by atoms with Gasteiger partial charge in [-0.25, -0.2) is 0 Å². The summed E-state index contributed by atoms with van der Waals surface area (Å²) in [6.07, 6.45) is 4.44. The average Bonchev–Trinajstić information content (AvgIpc) is 2.96. The summed E-state index contributed by atoms with van der Waals surface area (Å²) in [5.41, 5.74) is 1.82. The Morgan fingerprint density at radius 1 is 1.18 bits per heavy atom. The molecular weight excluding hydrogens is 300 g/mol. The lowest BCUT2D eigenvalue weighted by molar-refractivity contribution is 0.0925. The number of carbonyl (C=O) groups excluding carboxylic acids is 1. The molecule has 2 unspecified atom stereocenters. The number of nitrogens with one attached hydrogen (secondary N) is 1. The van der Waals surface area contributed by atoms with Gasteiger partial charge in [0.05, 0.1) is 19.3 Å².